The van der Waals surface area contributed by atoms with Gasteiger partial charge in [0.2, 0.25) is 0 Å². The average molecular weight is 311 g/mol. The Hall–Kier alpha value is -1.22. The molecule has 0 aromatic heterocycles. The van der Waals surface area contributed by atoms with Crippen LogP contribution in [0, 0.1) is 11.6 Å². The minimum Gasteiger partial charge on any atom is -0.207 e. The van der Waals surface area contributed by atoms with Crippen molar-refractivity contribution in [2.45, 2.75) is 12.3 Å². The van der Waals surface area contributed by atoms with E-state index in [1.54, 1.807) is 24.3 Å². The maximum absolute atomic E-state index is 13.6. The molecule has 0 aliphatic rings. The molecule has 0 aliphatic carbocycles. The highest BCUT2D eigenvalue weighted by molar-refractivity contribution is 9.09. The fraction of sp³-hybridized carbons (Fsp3) is 0.200. The summed E-state index contributed by atoms with van der Waals surface area (Å²) in [5, 5.41) is 0.715. The lowest BCUT2D eigenvalue weighted by atomic mass is 9.93. The zero-order valence-electron chi connectivity index (χ0n) is 9.74. The summed E-state index contributed by atoms with van der Waals surface area (Å²) in [6.07, 6.45) is 0.601. The molecule has 0 bridgehead atoms. The molecule has 0 saturated heterocycles. The van der Waals surface area contributed by atoms with Crippen molar-refractivity contribution in [3.63, 3.8) is 0 Å². The third-order valence-electron chi connectivity index (χ3n) is 2.95. The van der Waals surface area contributed by atoms with Crippen LogP contribution in [-0.2, 0) is 6.42 Å². The molecule has 3 heteroatoms. The van der Waals surface area contributed by atoms with E-state index in [1.807, 2.05) is 6.07 Å². The zero-order chi connectivity index (χ0) is 13.0. The van der Waals surface area contributed by atoms with Gasteiger partial charge in [-0.25, -0.2) is 8.78 Å². The number of alkyl halides is 1. The second-order valence-corrected chi connectivity index (χ2v) is 4.85. The van der Waals surface area contributed by atoms with E-state index in [4.69, 9.17) is 0 Å². The molecule has 0 spiro atoms. The standard InChI is InChI=1S/C15H13BrF2/c16-10-13(11-5-7-14(17)8-6-11)9-12-3-1-2-4-15(12)18/h1-8,13H,9-10H2. The van der Waals surface area contributed by atoms with Crippen molar-refractivity contribution >= 4 is 15.9 Å². The van der Waals surface area contributed by atoms with Crippen molar-refractivity contribution in [1.82, 2.24) is 0 Å². The van der Waals surface area contributed by atoms with Crippen LogP contribution in [0.25, 0.3) is 0 Å². The van der Waals surface area contributed by atoms with Gasteiger partial charge in [-0.05, 0) is 41.7 Å². The van der Waals surface area contributed by atoms with Crippen molar-refractivity contribution < 1.29 is 8.78 Å². The number of rotatable bonds is 4. The van der Waals surface area contributed by atoms with Gasteiger partial charge in [-0.2, -0.15) is 0 Å². The highest BCUT2D eigenvalue weighted by Crippen LogP contribution is 2.24. The molecule has 0 radical (unpaired) electrons. The summed E-state index contributed by atoms with van der Waals surface area (Å²) < 4.78 is 26.5. The van der Waals surface area contributed by atoms with Crippen molar-refractivity contribution in [3.05, 3.63) is 71.3 Å². The monoisotopic (exact) mass is 310 g/mol. The molecule has 94 valence electrons. The van der Waals surface area contributed by atoms with Crippen LogP contribution < -0.4 is 0 Å². The van der Waals surface area contributed by atoms with Crippen LogP contribution in [0.3, 0.4) is 0 Å². The van der Waals surface area contributed by atoms with E-state index in [0.29, 0.717) is 17.3 Å². The molecule has 0 heterocycles. The molecule has 0 nitrogen and oxygen atoms in total. The molecule has 0 amide bonds. The lowest BCUT2D eigenvalue weighted by Crippen LogP contribution is -2.06. The van der Waals surface area contributed by atoms with Crippen LogP contribution in [-0.4, -0.2) is 5.33 Å². The molecule has 18 heavy (non-hydrogen) atoms. The Morgan fingerprint density at radius 3 is 2.22 bits per heavy atom. The first-order chi connectivity index (χ1) is 8.70. The maximum atomic E-state index is 13.6. The number of halogens is 3. The summed E-state index contributed by atoms with van der Waals surface area (Å²) in [5.41, 5.74) is 1.70. The Bertz CT molecular complexity index is 508. The van der Waals surface area contributed by atoms with Gasteiger partial charge in [0.05, 0.1) is 0 Å². The molecule has 1 atom stereocenters. The van der Waals surface area contributed by atoms with Gasteiger partial charge in [0.25, 0.3) is 0 Å². The number of benzene rings is 2. The molecule has 0 fully saturated rings. The third kappa shape index (κ3) is 3.16. The normalized spacial score (nSPS) is 12.4. The number of hydrogen-bond acceptors (Lipinski definition) is 0. The van der Waals surface area contributed by atoms with Crippen LogP contribution in [0.1, 0.15) is 17.0 Å². The van der Waals surface area contributed by atoms with Gasteiger partial charge in [0.1, 0.15) is 11.6 Å². The minimum atomic E-state index is -0.252. The van der Waals surface area contributed by atoms with Gasteiger partial charge in [-0.3, -0.25) is 0 Å². The van der Waals surface area contributed by atoms with E-state index >= 15 is 0 Å². The van der Waals surface area contributed by atoms with Crippen LogP contribution in [0.15, 0.2) is 48.5 Å². The molecular weight excluding hydrogens is 298 g/mol. The maximum Gasteiger partial charge on any atom is 0.126 e. The predicted molar refractivity (Wildman–Crippen MR) is 73.0 cm³/mol. The largest absolute Gasteiger partial charge is 0.207 e. The Labute approximate surface area is 114 Å². The first-order valence-corrected chi connectivity index (χ1v) is 6.87. The minimum absolute atomic E-state index is 0.141. The fourth-order valence-corrected chi connectivity index (χ4v) is 2.53. The van der Waals surface area contributed by atoms with Crippen LogP contribution >= 0.6 is 15.9 Å². The molecule has 1 unspecified atom stereocenters. The lowest BCUT2D eigenvalue weighted by molar-refractivity contribution is 0.598. The molecule has 2 aromatic carbocycles. The molecule has 0 saturated carbocycles. The van der Waals surface area contributed by atoms with Gasteiger partial charge < -0.3 is 0 Å². The summed E-state index contributed by atoms with van der Waals surface area (Å²) in [7, 11) is 0. The molecule has 2 rings (SSSR count). The van der Waals surface area contributed by atoms with Crippen molar-refractivity contribution in [2.24, 2.45) is 0 Å². The summed E-state index contributed by atoms with van der Waals surface area (Å²) in [6.45, 7) is 0. The Morgan fingerprint density at radius 2 is 1.61 bits per heavy atom. The van der Waals surface area contributed by atoms with Crippen molar-refractivity contribution in [1.29, 1.82) is 0 Å². The lowest BCUT2D eigenvalue weighted by Gasteiger charge is -2.15. The van der Waals surface area contributed by atoms with E-state index < -0.39 is 0 Å². The SMILES string of the molecule is Fc1ccc(C(CBr)Cc2ccccc2F)cc1. The van der Waals surface area contributed by atoms with Gasteiger partial charge in [0.15, 0.2) is 0 Å². The van der Waals surface area contributed by atoms with Gasteiger partial charge in [-0.1, -0.05) is 46.3 Å². The fourth-order valence-electron chi connectivity index (χ4n) is 1.93. The first kappa shape index (κ1) is 13.2. The van der Waals surface area contributed by atoms with Gasteiger partial charge in [0, 0.05) is 5.33 Å². The van der Waals surface area contributed by atoms with E-state index in [1.165, 1.54) is 18.2 Å². The van der Waals surface area contributed by atoms with Crippen LogP contribution in [0.4, 0.5) is 8.78 Å². The Morgan fingerprint density at radius 1 is 0.944 bits per heavy atom. The summed E-state index contributed by atoms with van der Waals surface area (Å²) in [4.78, 5) is 0. The van der Waals surface area contributed by atoms with Gasteiger partial charge in [-0.15, -0.1) is 0 Å². The highest BCUT2D eigenvalue weighted by atomic mass is 79.9. The molecule has 0 N–H and O–H groups in total. The molecular formula is C15H13BrF2. The van der Waals surface area contributed by atoms with Crippen molar-refractivity contribution in [2.75, 3.05) is 5.33 Å². The highest BCUT2D eigenvalue weighted by Gasteiger charge is 2.13. The first-order valence-electron chi connectivity index (χ1n) is 5.75. The Balaban J connectivity index is 2.20. The molecule has 2 aromatic rings. The van der Waals surface area contributed by atoms with Crippen molar-refractivity contribution in [3.8, 4) is 0 Å². The summed E-state index contributed by atoms with van der Waals surface area (Å²) in [5.74, 6) is -0.300. The quantitative estimate of drug-likeness (QED) is 0.719. The Kier molecular flexibility index (Phi) is 4.48. The van der Waals surface area contributed by atoms with E-state index in [9.17, 15) is 8.78 Å². The van der Waals surface area contributed by atoms with Gasteiger partial charge >= 0.3 is 0 Å². The number of hydrogen-bond donors (Lipinski definition) is 0. The second kappa shape index (κ2) is 6.10. The topological polar surface area (TPSA) is 0 Å². The third-order valence-corrected chi connectivity index (χ3v) is 3.73. The average Bonchev–Trinajstić information content (AvgIpc) is 2.39. The second-order valence-electron chi connectivity index (χ2n) is 4.20. The summed E-state index contributed by atoms with van der Waals surface area (Å²) >= 11 is 3.44. The van der Waals surface area contributed by atoms with Crippen LogP contribution in [0.2, 0.25) is 0 Å². The smallest absolute Gasteiger partial charge is 0.126 e. The predicted octanol–water partition coefficient (Wildman–Crippen LogP) is 4.69. The molecule has 0 aliphatic heterocycles. The van der Waals surface area contributed by atoms with Crippen LogP contribution in [0.5, 0.6) is 0 Å². The zero-order valence-corrected chi connectivity index (χ0v) is 11.3. The van der Waals surface area contributed by atoms with E-state index in [-0.39, 0.29) is 17.6 Å². The van der Waals surface area contributed by atoms with E-state index in [0.717, 1.165) is 5.56 Å². The van der Waals surface area contributed by atoms with E-state index in [2.05, 4.69) is 15.9 Å². The summed E-state index contributed by atoms with van der Waals surface area (Å²) in [6, 6.07) is 13.1.